The van der Waals surface area contributed by atoms with E-state index in [0.29, 0.717) is 27.7 Å². The van der Waals surface area contributed by atoms with Crippen LogP contribution in [-0.4, -0.2) is 25.9 Å². The molecule has 35 heavy (non-hydrogen) atoms. The number of carbonyl (C=O) groups is 1. The Balaban J connectivity index is 1.60. The Morgan fingerprint density at radius 2 is 1.60 bits per heavy atom. The molecule has 0 spiro atoms. The fourth-order valence-corrected chi connectivity index (χ4v) is 3.95. The van der Waals surface area contributed by atoms with Crippen molar-refractivity contribution < 1.29 is 24.5 Å². The highest BCUT2D eigenvalue weighted by Gasteiger charge is 2.18. The van der Waals surface area contributed by atoms with Gasteiger partial charge in [-0.1, -0.05) is 48.5 Å². The summed E-state index contributed by atoms with van der Waals surface area (Å²) in [5.74, 6) is -1.94. The van der Waals surface area contributed by atoms with Crippen molar-refractivity contribution in [3.05, 3.63) is 102 Å². The molecule has 0 aliphatic heterocycles. The van der Waals surface area contributed by atoms with Gasteiger partial charge >= 0.3 is 5.97 Å². The summed E-state index contributed by atoms with van der Waals surface area (Å²) in [6.07, 6.45) is 0. The quantitative estimate of drug-likeness (QED) is 0.243. The molecule has 1 heterocycles. The van der Waals surface area contributed by atoms with Crippen LogP contribution in [0.25, 0.3) is 27.7 Å². The summed E-state index contributed by atoms with van der Waals surface area (Å²) in [5.41, 5.74) is 2.29. The predicted octanol–water partition coefficient (Wildman–Crippen LogP) is 6.96. The maximum Gasteiger partial charge on any atom is 0.335 e. The molecule has 0 aliphatic rings. The molecule has 172 valence electrons. The Bertz CT molecular complexity index is 1620. The summed E-state index contributed by atoms with van der Waals surface area (Å²) in [5, 5.41) is 40.1. The number of aromatic nitrogens is 1. The number of nitrogens with zero attached hydrogens (tertiary/aromatic N) is 3. The first-order chi connectivity index (χ1) is 16.9. The van der Waals surface area contributed by atoms with Gasteiger partial charge in [0.1, 0.15) is 11.5 Å². The summed E-state index contributed by atoms with van der Waals surface area (Å²) in [6.45, 7) is 0. The van der Waals surface area contributed by atoms with Crippen LogP contribution in [0.3, 0.4) is 0 Å². The van der Waals surface area contributed by atoms with E-state index in [9.17, 15) is 24.5 Å². The lowest BCUT2D eigenvalue weighted by atomic mass is 10.0. The number of halogens is 1. The molecule has 0 fully saturated rings. The topological polar surface area (TPSA) is 107 Å². The number of aromatic carboxylic acids is 1. The number of aromatic hydroxyl groups is 2. The fraction of sp³-hybridized carbons (Fsp3) is 0. The number of phenols is 1. The summed E-state index contributed by atoms with van der Waals surface area (Å²) >= 11 is 0. The molecule has 3 N–H and O–H groups in total. The van der Waals surface area contributed by atoms with E-state index in [2.05, 4.69) is 10.2 Å². The largest absolute Gasteiger partial charge is 0.505 e. The molecule has 4 aromatic carbocycles. The number of hydrogen-bond acceptors (Lipinski definition) is 5. The molecule has 5 aromatic rings. The van der Waals surface area contributed by atoms with Crippen LogP contribution in [0.5, 0.6) is 11.6 Å². The lowest BCUT2D eigenvalue weighted by molar-refractivity contribution is 0.0697. The Labute approximate surface area is 198 Å². The number of azo groups is 1. The molecule has 0 aliphatic carbocycles. The van der Waals surface area contributed by atoms with Crippen LogP contribution in [-0.2, 0) is 0 Å². The minimum atomic E-state index is -1.08. The highest BCUT2D eigenvalue weighted by atomic mass is 19.1. The molecule has 0 saturated heterocycles. The summed E-state index contributed by atoms with van der Waals surface area (Å²) in [6, 6.07) is 24.0. The van der Waals surface area contributed by atoms with Crippen LogP contribution in [0, 0.1) is 5.82 Å². The van der Waals surface area contributed by atoms with Gasteiger partial charge in [0.25, 0.3) is 0 Å². The van der Waals surface area contributed by atoms with Gasteiger partial charge in [-0.15, -0.1) is 10.2 Å². The Kier molecular flexibility index (Phi) is 5.46. The number of fused-ring (bicyclic) bond motifs is 1. The maximum atomic E-state index is 13.9. The molecule has 0 atom stereocenters. The number of carboxylic acid groups (broad SMARTS) is 1. The second kappa shape index (κ2) is 8.75. The number of rotatable bonds is 5. The maximum absolute atomic E-state index is 13.9. The SMILES string of the molecule is O=C(O)c1cccc(-c2cccc(N=Nc3c(O)n(-c4cccc(F)c4)c4ccccc34)c2O)c1. The van der Waals surface area contributed by atoms with E-state index in [-0.39, 0.29) is 28.6 Å². The molecule has 0 unspecified atom stereocenters. The van der Waals surface area contributed by atoms with E-state index in [0.717, 1.165) is 0 Å². The van der Waals surface area contributed by atoms with Crippen molar-refractivity contribution in [3.63, 3.8) is 0 Å². The minimum Gasteiger partial charge on any atom is -0.505 e. The molecule has 8 heteroatoms. The Hall–Kier alpha value is -4.98. The van der Waals surface area contributed by atoms with Gasteiger partial charge in [0.2, 0.25) is 5.88 Å². The number of carboxylic acids is 1. The molecule has 5 rings (SSSR count). The molecular formula is C27H18FN3O4. The van der Waals surface area contributed by atoms with Crippen LogP contribution in [0.1, 0.15) is 10.4 Å². The van der Waals surface area contributed by atoms with E-state index >= 15 is 0 Å². The van der Waals surface area contributed by atoms with Crippen LogP contribution in [0.2, 0.25) is 0 Å². The molecule has 0 amide bonds. The lowest BCUT2D eigenvalue weighted by Crippen LogP contribution is -1.95. The van der Waals surface area contributed by atoms with E-state index in [1.807, 2.05) is 0 Å². The smallest absolute Gasteiger partial charge is 0.335 e. The first kappa shape index (κ1) is 21.8. The molecule has 0 saturated carbocycles. The van der Waals surface area contributed by atoms with Crippen molar-refractivity contribution >= 4 is 28.2 Å². The van der Waals surface area contributed by atoms with Gasteiger partial charge < -0.3 is 15.3 Å². The standard InChI is InChI=1S/C27H18FN3O4/c28-18-8-4-9-19(15-18)31-23-13-2-1-10-21(23)24(26(31)33)30-29-22-12-5-11-20(25(22)32)16-6-3-7-17(14-16)27(34)35/h1-15,32-33H,(H,34,35). The minimum absolute atomic E-state index is 0.0870. The van der Waals surface area contributed by atoms with Crippen molar-refractivity contribution in [2.45, 2.75) is 0 Å². The number of hydrogen-bond donors (Lipinski definition) is 3. The second-order valence-electron chi connectivity index (χ2n) is 7.76. The third kappa shape index (κ3) is 3.97. The van der Waals surface area contributed by atoms with E-state index in [1.54, 1.807) is 66.7 Å². The van der Waals surface area contributed by atoms with Crippen molar-refractivity contribution in [2.75, 3.05) is 0 Å². The van der Waals surface area contributed by atoms with Crippen molar-refractivity contribution in [2.24, 2.45) is 10.2 Å². The molecule has 0 radical (unpaired) electrons. The predicted molar refractivity (Wildman–Crippen MR) is 130 cm³/mol. The van der Waals surface area contributed by atoms with Crippen molar-refractivity contribution in [1.29, 1.82) is 0 Å². The van der Waals surface area contributed by atoms with Crippen LogP contribution >= 0.6 is 0 Å². The van der Waals surface area contributed by atoms with Crippen LogP contribution < -0.4 is 0 Å². The van der Waals surface area contributed by atoms with E-state index in [1.165, 1.54) is 28.8 Å². The first-order valence-corrected chi connectivity index (χ1v) is 10.6. The average molecular weight is 467 g/mol. The summed E-state index contributed by atoms with van der Waals surface area (Å²) in [4.78, 5) is 11.3. The third-order valence-electron chi connectivity index (χ3n) is 5.58. The Morgan fingerprint density at radius 3 is 2.40 bits per heavy atom. The average Bonchev–Trinajstić information content (AvgIpc) is 3.14. The van der Waals surface area contributed by atoms with Gasteiger partial charge in [0.05, 0.1) is 16.8 Å². The highest BCUT2D eigenvalue weighted by Crippen LogP contribution is 2.43. The van der Waals surface area contributed by atoms with Gasteiger partial charge in [-0.05, 0) is 48.0 Å². The first-order valence-electron chi connectivity index (χ1n) is 10.6. The fourth-order valence-electron chi connectivity index (χ4n) is 3.95. The summed E-state index contributed by atoms with van der Waals surface area (Å²) in [7, 11) is 0. The molecular weight excluding hydrogens is 449 g/mol. The zero-order chi connectivity index (χ0) is 24.5. The zero-order valence-electron chi connectivity index (χ0n) is 18.1. The molecule has 1 aromatic heterocycles. The monoisotopic (exact) mass is 467 g/mol. The van der Waals surface area contributed by atoms with Crippen molar-refractivity contribution in [3.8, 4) is 28.4 Å². The number of benzene rings is 4. The lowest BCUT2D eigenvalue weighted by Gasteiger charge is -2.08. The van der Waals surface area contributed by atoms with Crippen molar-refractivity contribution in [1.82, 2.24) is 4.57 Å². The highest BCUT2D eigenvalue weighted by molar-refractivity contribution is 5.96. The number of para-hydroxylation sites is 2. The van der Waals surface area contributed by atoms with Gasteiger partial charge in [0.15, 0.2) is 11.4 Å². The van der Waals surface area contributed by atoms with Crippen LogP contribution in [0.4, 0.5) is 15.8 Å². The van der Waals surface area contributed by atoms with Gasteiger partial charge in [-0.2, -0.15) is 0 Å². The summed E-state index contributed by atoms with van der Waals surface area (Å²) < 4.78 is 15.3. The van der Waals surface area contributed by atoms with Crippen LogP contribution in [0.15, 0.2) is 101 Å². The number of phenolic OH excluding ortho intramolecular Hbond substituents is 1. The van der Waals surface area contributed by atoms with Gasteiger partial charge in [0, 0.05) is 10.9 Å². The van der Waals surface area contributed by atoms with E-state index < -0.39 is 11.8 Å². The molecule has 7 nitrogen and oxygen atoms in total. The second-order valence-corrected chi connectivity index (χ2v) is 7.76. The third-order valence-corrected chi connectivity index (χ3v) is 5.58. The van der Waals surface area contributed by atoms with E-state index in [4.69, 9.17) is 0 Å². The zero-order valence-corrected chi connectivity index (χ0v) is 18.1. The normalized spacial score (nSPS) is 11.3. The Morgan fingerprint density at radius 1 is 0.829 bits per heavy atom. The molecule has 0 bridgehead atoms. The van der Waals surface area contributed by atoms with Gasteiger partial charge in [-0.3, -0.25) is 4.57 Å². The van der Waals surface area contributed by atoms with Gasteiger partial charge in [-0.25, -0.2) is 9.18 Å².